The molecule has 2 unspecified atom stereocenters. The van der Waals surface area contributed by atoms with Crippen molar-refractivity contribution in [2.24, 2.45) is 5.92 Å². The molecule has 0 bridgehead atoms. The molecule has 1 rings (SSSR count). The Kier molecular flexibility index (Phi) is 6.12. The highest BCUT2D eigenvalue weighted by Crippen LogP contribution is 2.14. The minimum atomic E-state index is -0.846. The number of aliphatic carboxylic acids is 1. The predicted molar refractivity (Wildman–Crippen MR) is 67.3 cm³/mol. The Balaban J connectivity index is 2.46. The summed E-state index contributed by atoms with van der Waals surface area (Å²) in [7, 11) is 0. The molecule has 1 aliphatic heterocycles. The molecule has 1 aliphatic rings. The molecule has 0 aromatic rings. The van der Waals surface area contributed by atoms with Crippen LogP contribution in [-0.4, -0.2) is 47.7 Å². The van der Waals surface area contributed by atoms with Gasteiger partial charge in [-0.05, 0) is 18.8 Å². The van der Waals surface area contributed by atoms with Crippen molar-refractivity contribution in [3.8, 4) is 0 Å². The maximum absolute atomic E-state index is 12.1. The monoisotopic (exact) mass is 257 g/mol. The van der Waals surface area contributed by atoms with Crippen molar-refractivity contribution in [1.82, 2.24) is 4.90 Å². The van der Waals surface area contributed by atoms with Crippen LogP contribution in [-0.2, 0) is 14.3 Å². The molecule has 1 heterocycles. The molecule has 1 saturated heterocycles. The van der Waals surface area contributed by atoms with Crippen LogP contribution in [0.5, 0.6) is 0 Å². The van der Waals surface area contributed by atoms with E-state index < -0.39 is 5.97 Å². The lowest BCUT2D eigenvalue weighted by Crippen LogP contribution is -2.37. The first-order chi connectivity index (χ1) is 8.52. The van der Waals surface area contributed by atoms with Crippen LogP contribution in [0.2, 0.25) is 0 Å². The van der Waals surface area contributed by atoms with E-state index in [9.17, 15) is 9.59 Å². The van der Waals surface area contributed by atoms with Crippen molar-refractivity contribution >= 4 is 11.9 Å². The van der Waals surface area contributed by atoms with E-state index in [2.05, 4.69) is 0 Å². The fourth-order valence-corrected chi connectivity index (χ4v) is 2.17. The Morgan fingerprint density at radius 1 is 1.44 bits per heavy atom. The molecule has 0 aromatic heterocycles. The maximum atomic E-state index is 12.1. The van der Waals surface area contributed by atoms with E-state index in [1.54, 1.807) is 6.92 Å². The van der Waals surface area contributed by atoms with Gasteiger partial charge in [-0.25, -0.2) is 0 Å². The van der Waals surface area contributed by atoms with E-state index in [1.807, 2.05) is 11.8 Å². The number of ether oxygens (including phenoxy) is 1. The van der Waals surface area contributed by atoms with Crippen molar-refractivity contribution in [3.63, 3.8) is 0 Å². The molecule has 0 aromatic carbocycles. The average Bonchev–Trinajstić information content (AvgIpc) is 2.52. The summed E-state index contributed by atoms with van der Waals surface area (Å²) in [6.07, 6.45) is 2.23. The van der Waals surface area contributed by atoms with Gasteiger partial charge in [0.25, 0.3) is 0 Å². The van der Waals surface area contributed by atoms with Crippen LogP contribution < -0.4 is 0 Å². The largest absolute Gasteiger partial charge is 0.481 e. The highest BCUT2D eigenvalue weighted by Gasteiger charge is 2.23. The summed E-state index contributed by atoms with van der Waals surface area (Å²) in [6.45, 7) is 5.90. The minimum Gasteiger partial charge on any atom is -0.481 e. The van der Waals surface area contributed by atoms with Gasteiger partial charge in [0.1, 0.15) is 0 Å². The third kappa shape index (κ3) is 5.04. The number of hydrogen-bond acceptors (Lipinski definition) is 3. The van der Waals surface area contributed by atoms with E-state index in [0.29, 0.717) is 19.6 Å². The van der Waals surface area contributed by atoms with Gasteiger partial charge in [-0.1, -0.05) is 13.8 Å². The van der Waals surface area contributed by atoms with Gasteiger partial charge >= 0.3 is 5.97 Å². The summed E-state index contributed by atoms with van der Waals surface area (Å²) in [5, 5.41) is 8.69. The van der Waals surface area contributed by atoms with Crippen LogP contribution in [0.15, 0.2) is 0 Å². The van der Waals surface area contributed by atoms with Gasteiger partial charge in [-0.15, -0.1) is 0 Å². The fraction of sp³-hybridized carbons (Fsp3) is 0.846. The van der Waals surface area contributed by atoms with Gasteiger partial charge in [0.05, 0.1) is 6.10 Å². The summed E-state index contributed by atoms with van der Waals surface area (Å²) in [5.74, 6) is -0.909. The van der Waals surface area contributed by atoms with Crippen LogP contribution in [0.25, 0.3) is 0 Å². The molecule has 1 N–H and O–H groups in total. The molecule has 5 heteroatoms. The number of carboxylic acid groups (broad SMARTS) is 1. The molecular formula is C13H23NO4. The van der Waals surface area contributed by atoms with E-state index in [0.717, 1.165) is 19.4 Å². The Morgan fingerprint density at radius 3 is 2.78 bits per heavy atom. The summed E-state index contributed by atoms with van der Waals surface area (Å²) in [5.41, 5.74) is 0. The molecule has 1 amide bonds. The van der Waals surface area contributed by atoms with E-state index in [1.165, 1.54) is 0 Å². The molecule has 2 atom stereocenters. The average molecular weight is 257 g/mol. The van der Waals surface area contributed by atoms with Crippen LogP contribution in [0.4, 0.5) is 0 Å². The summed E-state index contributed by atoms with van der Waals surface area (Å²) < 4.78 is 5.61. The molecular weight excluding hydrogens is 234 g/mol. The van der Waals surface area contributed by atoms with Gasteiger partial charge in [0, 0.05) is 32.5 Å². The number of hydrogen-bond donors (Lipinski definition) is 1. The number of rotatable bonds is 5. The Hall–Kier alpha value is -1.10. The van der Waals surface area contributed by atoms with Crippen molar-refractivity contribution in [2.45, 2.75) is 45.6 Å². The zero-order valence-corrected chi connectivity index (χ0v) is 11.2. The number of carbonyl (C=O) groups is 2. The molecule has 1 fully saturated rings. The summed E-state index contributed by atoms with van der Waals surface area (Å²) in [6, 6.07) is 0. The van der Waals surface area contributed by atoms with Crippen LogP contribution in [0.3, 0.4) is 0 Å². The number of amides is 1. The molecule has 5 nitrogen and oxygen atoms in total. The second-order valence-electron chi connectivity index (χ2n) is 5.00. The van der Waals surface area contributed by atoms with Crippen molar-refractivity contribution in [1.29, 1.82) is 0 Å². The van der Waals surface area contributed by atoms with Gasteiger partial charge in [0.15, 0.2) is 0 Å². The van der Waals surface area contributed by atoms with Gasteiger partial charge in [-0.2, -0.15) is 0 Å². The lowest BCUT2D eigenvalue weighted by Gasteiger charge is -2.24. The number of nitrogens with zero attached hydrogens (tertiary/aromatic N) is 1. The van der Waals surface area contributed by atoms with E-state index >= 15 is 0 Å². The summed E-state index contributed by atoms with van der Waals surface area (Å²) in [4.78, 5) is 24.5. The molecule has 104 valence electrons. The third-order valence-corrected chi connectivity index (χ3v) is 3.20. The predicted octanol–water partition coefficient (Wildman–Crippen LogP) is 1.51. The highest BCUT2D eigenvalue weighted by molar-refractivity contribution is 5.77. The first-order valence-corrected chi connectivity index (χ1v) is 6.64. The zero-order chi connectivity index (χ0) is 13.5. The lowest BCUT2D eigenvalue weighted by atomic mass is 10.0. The van der Waals surface area contributed by atoms with E-state index in [4.69, 9.17) is 9.84 Å². The molecule has 0 spiro atoms. The smallest absolute Gasteiger partial charge is 0.303 e. The minimum absolute atomic E-state index is 0.0488. The first kappa shape index (κ1) is 15.0. The first-order valence-electron chi connectivity index (χ1n) is 6.64. The van der Waals surface area contributed by atoms with Gasteiger partial charge < -0.3 is 14.7 Å². The number of carboxylic acids is 1. The Bertz CT molecular complexity index is 293. The molecule has 0 aliphatic carbocycles. The lowest BCUT2D eigenvalue weighted by molar-refractivity contribution is -0.138. The quantitative estimate of drug-likeness (QED) is 0.810. The second-order valence-corrected chi connectivity index (χ2v) is 5.00. The molecule has 0 radical (unpaired) electrons. The second kappa shape index (κ2) is 7.36. The Labute approximate surface area is 108 Å². The standard InChI is InChI=1S/C13H23NO4/c1-3-11-9-14(5-4-6-18-11)12(15)7-10(2)8-13(16)17/h10-11H,3-9H2,1-2H3,(H,16,17). The topological polar surface area (TPSA) is 66.8 Å². The highest BCUT2D eigenvalue weighted by atomic mass is 16.5. The van der Waals surface area contributed by atoms with Crippen molar-refractivity contribution in [2.75, 3.05) is 19.7 Å². The molecule has 18 heavy (non-hydrogen) atoms. The van der Waals surface area contributed by atoms with Crippen molar-refractivity contribution < 1.29 is 19.4 Å². The van der Waals surface area contributed by atoms with Crippen LogP contribution in [0.1, 0.15) is 39.5 Å². The van der Waals surface area contributed by atoms with Crippen LogP contribution in [0, 0.1) is 5.92 Å². The fourth-order valence-electron chi connectivity index (χ4n) is 2.17. The van der Waals surface area contributed by atoms with Crippen molar-refractivity contribution in [3.05, 3.63) is 0 Å². The SMILES string of the molecule is CCC1CN(C(=O)CC(C)CC(=O)O)CCCO1. The van der Waals surface area contributed by atoms with Gasteiger partial charge in [0.2, 0.25) is 5.91 Å². The van der Waals surface area contributed by atoms with Crippen LogP contribution >= 0.6 is 0 Å². The third-order valence-electron chi connectivity index (χ3n) is 3.20. The number of carbonyl (C=O) groups excluding carboxylic acids is 1. The van der Waals surface area contributed by atoms with Gasteiger partial charge in [-0.3, -0.25) is 9.59 Å². The summed E-state index contributed by atoms with van der Waals surface area (Å²) >= 11 is 0. The molecule has 0 saturated carbocycles. The Morgan fingerprint density at radius 2 is 2.17 bits per heavy atom. The zero-order valence-electron chi connectivity index (χ0n) is 11.2. The van der Waals surface area contributed by atoms with E-state index in [-0.39, 0.29) is 24.3 Å². The maximum Gasteiger partial charge on any atom is 0.303 e. The normalized spacial score (nSPS) is 22.3.